The summed E-state index contributed by atoms with van der Waals surface area (Å²) in [6, 6.07) is 16.5. The van der Waals surface area contributed by atoms with Crippen LogP contribution in [0.25, 0.3) is 6.08 Å². The van der Waals surface area contributed by atoms with Crippen molar-refractivity contribution in [2.45, 2.75) is 44.6 Å². The number of anilines is 2. The van der Waals surface area contributed by atoms with Crippen LogP contribution in [0.2, 0.25) is 0 Å². The molecule has 0 aliphatic carbocycles. The monoisotopic (exact) mass is 556 g/mol. The first-order chi connectivity index (χ1) is 19.2. The zero-order valence-electron chi connectivity index (χ0n) is 22.5. The second-order valence-corrected chi connectivity index (χ2v) is 9.42. The maximum atomic E-state index is 14.7. The molecule has 0 bridgehead atoms. The molecule has 3 aromatic rings. The highest BCUT2D eigenvalue weighted by atomic mass is 19.3. The van der Waals surface area contributed by atoms with Crippen molar-refractivity contribution < 1.29 is 32.2 Å². The number of alkyl halides is 3. The molecule has 0 saturated heterocycles. The smallest absolute Gasteiger partial charge is 0.426 e. The fourth-order valence-electron chi connectivity index (χ4n) is 3.89. The maximum absolute atomic E-state index is 14.7. The van der Waals surface area contributed by atoms with E-state index in [0.29, 0.717) is 35.7 Å². The first kappa shape index (κ1) is 30.4. The van der Waals surface area contributed by atoms with Gasteiger partial charge in [0.15, 0.2) is 0 Å². The largest absolute Gasteiger partial charge is 0.494 e. The van der Waals surface area contributed by atoms with E-state index in [2.05, 4.69) is 0 Å². The van der Waals surface area contributed by atoms with Crippen LogP contribution in [0, 0.1) is 0 Å². The number of rotatable bonds is 15. The Kier molecular flexibility index (Phi) is 11.3. The number of hydrogen-bond donors (Lipinski definition) is 2. The van der Waals surface area contributed by atoms with Crippen molar-refractivity contribution in [2.24, 2.45) is 0 Å². The molecule has 0 fully saturated rings. The van der Waals surface area contributed by atoms with Gasteiger partial charge in [-0.2, -0.15) is 8.78 Å². The van der Waals surface area contributed by atoms with Crippen LogP contribution in [0.4, 0.5) is 24.5 Å². The summed E-state index contributed by atoms with van der Waals surface area (Å²) in [5.74, 6) is -0.224. The fourth-order valence-corrected chi connectivity index (χ4v) is 3.89. The second-order valence-electron chi connectivity index (χ2n) is 9.42. The van der Waals surface area contributed by atoms with Crippen LogP contribution in [0.5, 0.6) is 11.5 Å². The number of nitrogens with two attached hydrogens (primary N) is 2. The molecule has 0 aliphatic rings. The Morgan fingerprint density at radius 3 is 2.27 bits per heavy atom. The molecule has 214 valence electrons. The molecule has 0 radical (unpaired) electrons. The summed E-state index contributed by atoms with van der Waals surface area (Å²) in [5, 5.41) is 0. The first-order valence-electron chi connectivity index (χ1n) is 13.1. The SMILES string of the molecule is CC(COC(=O)/C=C/c1ccc(OC(F)(F)c2ccc(OCCCCCCF)cc2)cc1)c1ccc(N)cc1N. The number of hydrogen-bond acceptors (Lipinski definition) is 6. The predicted molar refractivity (Wildman–Crippen MR) is 151 cm³/mol. The lowest BCUT2D eigenvalue weighted by Gasteiger charge is -2.18. The van der Waals surface area contributed by atoms with Crippen LogP contribution in [-0.2, 0) is 15.6 Å². The van der Waals surface area contributed by atoms with Crippen LogP contribution >= 0.6 is 0 Å². The third-order valence-electron chi connectivity index (χ3n) is 6.14. The minimum absolute atomic E-state index is 0.0340. The lowest BCUT2D eigenvalue weighted by Crippen LogP contribution is -2.21. The zero-order chi connectivity index (χ0) is 29.0. The number of halogens is 3. The number of unbranched alkanes of at least 4 members (excludes halogenated alkanes) is 3. The van der Waals surface area contributed by atoms with Crippen LogP contribution in [0.3, 0.4) is 0 Å². The van der Waals surface area contributed by atoms with Crippen molar-refractivity contribution in [3.05, 3.63) is 89.5 Å². The molecule has 1 atom stereocenters. The van der Waals surface area contributed by atoms with Crippen LogP contribution in [0.1, 0.15) is 55.2 Å². The van der Waals surface area contributed by atoms with E-state index < -0.39 is 12.1 Å². The van der Waals surface area contributed by atoms with E-state index in [-0.39, 0.29) is 30.5 Å². The molecule has 3 rings (SSSR count). The highest BCUT2D eigenvalue weighted by molar-refractivity contribution is 5.87. The fraction of sp³-hybridized carbons (Fsp3) is 0.323. The van der Waals surface area contributed by atoms with Crippen molar-refractivity contribution in [1.29, 1.82) is 0 Å². The van der Waals surface area contributed by atoms with E-state index in [1.165, 1.54) is 48.6 Å². The van der Waals surface area contributed by atoms with Gasteiger partial charge in [-0.05, 0) is 85.0 Å². The van der Waals surface area contributed by atoms with Gasteiger partial charge in [-0.1, -0.05) is 31.5 Å². The van der Waals surface area contributed by atoms with Crippen molar-refractivity contribution in [2.75, 3.05) is 31.4 Å². The molecule has 4 N–H and O–H groups in total. The maximum Gasteiger partial charge on any atom is 0.426 e. The number of benzene rings is 3. The highest BCUT2D eigenvalue weighted by Crippen LogP contribution is 2.33. The van der Waals surface area contributed by atoms with Gasteiger partial charge in [0, 0.05) is 23.4 Å². The van der Waals surface area contributed by atoms with Crippen LogP contribution in [0.15, 0.2) is 72.8 Å². The third-order valence-corrected chi connectivity index (χ3v) is 6.14. The minimum atomic E-state index is -3.56. The first-order valence-corrected chi connectivity index (χ1v) is 13.1. The summed E-state index contributed by atoms with van der Waals surface area (Å²) in [5.41, 5.74) is 13.9. The molecule has 0 amide bonds. The molecule has 0 spiro atoms. The molecular formula is C31H35F3N2O4. The van der Waals surface area contributed by atoms with Gasteiger partial charge in [0.25, 0.3) is 0 Å². The van der Waals surface area contributed by atoms with E-state index in [1.807, 2.05) is 6.92 Å². The third kappa shape index (κ3) is 9.55. The van der Waals surface area contributed by atoms with Gasteiger partial charge < -0.3 is 25.7 Å². The molecule has 9 heteroatoms. The number of nitrogen functional groups attached to an aromatic ring is 2. The quantitative estimate of drug-likeness (QED) is 0.0886. The highest BCUT2D eigenvalue weighted by Gasteiger charge is 2.34. The molecule has 40 heavy (non-hydrogen) atoms. The van der Waals surface area contributed by atoms with Gasteiger partial charge >= 0.3 is 12.1 Å². The number of carbonyl (C=O) groups is 1. The van der Waals surface area contributed by atoms with Crippen LogP contribution < -0.4 is 20.9 Å². The summed E-state index contributed by atoms with van der Waals surface area (Å²) in [6.45, 7) is 2.14. The van der Waals surface area contributed by atoms with Gasteiger partial charge in [0.2, 0.25) is 0 Å². The second kappa shape index (κ2) is 14.9. The normalized spacial score (nSPS) is 12.3. The Hall–Kier alpha value is -4.14. The molecule has 0 aliphatic heterocycles. The summed E-state index contributed by atoms with van der Waals surface area (Å²) in [6.07, 6.45) is 2.19. The summed E-state index contributed by atoms with van der Waals surface area (Å²) in [4.78, 5) is 12.1. The summed E-state index contributed by atoms with van der Waals surface area (Å²) < 4.78 is 57.2. The van der Waals surface area contributed by atoms with Crippen molar-refractivity contribution in [1.82, 2.24) is 0 Å². The average molecular weight is 557 g/mol. The van der Waals surface area contributed by atoms with Gasteiger partial charge in [-0.25, -0.2) is 4.79 Å². The topological polar surface area (TPSA) is 96.8 Å². The standard InChI is InChI=1S/C31H35F3N2O4/c1-22(28-16-11-25(35)20-29(28)36)21-39-30(37)17-8-23-6-12-27(13-7-23)40-31(33,34)24-9-14-26(15-10-24)38-19-5-3-2-4-18-32/h6-17,20,22H,2-5,18-19,21,35-36H2,1H3/b17-8+. The van der Waals surface area contributed by atoms with Gasteiger partial charge in [0.05, 0.1) is 25.5 Å². The number of esters is 1. The van der Waals surface area contributed by atoms with Gasteiger partial charge in [0.1, 0.15) is 11.5 Å². The molecular weight excluding hydrogens is 521 g/mol. The molecule has 6 nitrogen and oxygen atoms in total. The lowest BCUT2D eigenvalue weighted by atomic mass is 10.00. The molecule has 0 aromatic heterocycles. The Labute approximate surface area is 232 Å². The Morgan fingerprint density at radius 1 is 0.925 bits per heavy atom. The van der Waals surface area contributed by atoms with Crippen molar-refractivity contribution in [3.8, 4) is 11.5 Å². The average Bonchev–Trinajstić information content (AvgIpc) is 2.93. The Morgan fingerprint density at radius 2 is 1.60 bits per heavy atom. The lowest BCUT2D eigenvalue weighted by molar-refractivity contribution is -0.185. The van der Waals surface area contributed by atoms with Crippen LogP contribution in [-0.4, -0.2) is 25.9 Å². The molecule has 1 unspecified atom stereocenters. The van der Waals surface area contributed by atoms with E-state index in [1.54, 1.807) is 30.3 Å². The molecule has 3 aromatic carbocycles. The van der Waals surface area contributed by atoms with Crippen molar-refractivity contribution >= 4 is 23.4 Å². The number of ether oxygens (including phenoxy) is 3. The van der Waals surface area contributed by atoms with Gasteiger partial charge in [-0.3, -0.25) is 4.39 Å². The summed E-state index contributed by atoms with van der Waals surface area (Å²) >= 11 is 0. The summed E-state index contributed by atoms with van der Waals surface area (Å²) in [7, 11) is 0. The van der Waals surface area contributed by atoms with E-state index >= 15 is 0 Å². The predicted octanol–water partition coefficient (Wildman–Crippen LogP) is 7.25. The Bertz CT molecular complexity index is 1250. The molecule has 0 saturated carbocycles. The molecule has 0 heterocycles. The van der Waals surface area contributed by atoms with E-state index in [0.717, 1.165) is 24.8 Å². The van der Waals surface area contributed by atoms with E-state index in [9.17, 15) is 18.0 Å². The zero-order valence-corrected chi connectivity index (χ0v) is 22.5. The van der Waals surface area contributed by atoms with Crippen molar-refractivity contribution in [3.63, 3.8) is 0 Å². The van der Waals surface area contributed by atoms with Gasteiger partial charge in [-0.15, -0.1) is 0 Å². The minimum Gasteiger partial charge on any atom is -0.494 e. The number of carbonyl (C=O) groups excluding carboxylic acids is 1. The Balaban J connectivity index is 1.46. The van der Waals surface area contributed by atoms with E-state index in [4.69, 9.17) is 25.7 Å².